The molecule has 2 aromatic rings. The number of nitrogens with one attached hydrogen (secondary N) is 1. The average molecular weight is 338 g/mol. The average Bonchev–Trinajstić information content (AvgIpc) is 2.55. The standard InChI is InChI=1S/C17H17ClFNO3/c1-22-12-6-3-5-11(9-12)15(23-2)10-20-17(21)16-13(18)7-4-8-14(16)19/h3-9,15H,10H2,1-2H3,(H,20,21). The van der Waals surface area contributed by atoms with Crippen LogP contribution >= 0.6 is 11.6 Å². The molecule has 0 aliphatic rings. The van der Waals surface area contributed by atoms with Gasteiger partial charge in [0.2, 0.25) is 0 Å². The van der Waals surface area contributed by atoms with Crippen LogP contribution in [0.3, 0.4) is 0 Å². The lowest BCUT2D eigenvalue weighted by atomic mass is 10.1. The summed E-state index contributed by atoms with van der Waals surface area (Å²) < 4.78 is 24.3. The van der Waals surface area contributed by atoms with Crippen molar-refractivity contribution in [2.45, 2.75) is 6.10 Å². The number of amides is 1. The number of halogens is 2. The molecule has 4 nitrogen and oxygen atoms in total. The lowest BCUT2D eigenvalue weighted by molar-refractivity contribution is 0.0824. The Kier molecular flexibility index (Phi) is 5.96. The highest BCUT2D eigenvalue weighted by Crippen LogP contribution is 2.22. The topological polar surface area (TPSA) is 47.6 Å². The van der Waals surface area contributed by atoms with Gasteiger partial charge < -0.3 is 14.8 Å². The fourth-order valence-corrected chi connectivity index (χ4v) is 2.42. The van der Waals surface area contributed by atoms with Gasteiger partial charge in [-0.3, -0.25) is 4.79 Å². The molecule has 1 atom stereocenters. The Bertz CT molecular complexity index is 673. The second-order valence-electron chi connectivity index (χ2n) is 4.81. The van der Waals surface area contributed by atoms with Gasteiger partial charge >= 0.3 is 0 Å². The van der Waals surface area contributed by atoms with Crippen LogP contribution in [-0.2, 0) is 4.74 Å². The van der Waals surface area contributed by atoms with Crippen molar-refractivity contribution in [1.82, 2.24) is 5.32 Å². The molecule has 0 saturated heterocycles. The van der Waals surface area contributed by atoms with Gasteiger partial charge in [-0.05, 0) is 29.8 Å². The van der Waals surface area contributed by atoms with Crippen molar-refractivity contribution in [3.63, 3.8) is 0 Å². The van der Waals surface area contributed by atoms with Crippen molar-refractivity contribution < 1.29 is 18.7 Å². The van der Waals surface area contributed by atoms with Gasteiger partial charge in [0.25, 0.3) is 5.91 Å². The van der Waals surface area contributed by atoms with Crippen LogP contribution in [0.4, 0.5) is 4.39 Å². The van der Waals surface area contributed by atoms with Gasteiger partial charge in [0, 0.05) is 13.7 Å². The quantitative estimate of drug-likeness (QED) is 0.876. The molecule has 1 N–H and O–H groups in total. The number of hydrogen-bond donors (Lipinski definition) is 1. The monoisotopic (exact) mass is 337 g/mol. The van der Waals surface area contributed by atoms with Crippen LogP contribution in [0.5, 0.6) is 5.75 Å². The van der Waals surface area contributed by atoms with Crippen LogP contribution in [-0.4, -0.2) is 26.7 Å². The third-order valence-electron chi connectivity index (χ3n) is 3.39. The zero-order chi connectivity index (χ0) is 16.8. The van der Waals surface area contributed by atoms with Gasteiger partial charge in [0.05, 0.1) is 23.8 Å². The van der Waals surface area contributed by atoms with E-state index in [0.717, 1.165) is 5.56 Å². The number of benzene rings is 2. The molecule has 1 amide bonds. The molecule has 122 valence electrons. The zero-order valence-corrected chi connectivity index (χ0v) is 13.6. The van der Waals surface area contributed by atoms with Crippen LogP contribution in [0, 0.1) is 5.82 Å². The maximum Gasteiger partial charge on any atom is 0.255 e. The normalized spacial score (nSPS) is 11.8. The van der Waals surface area contributed by atoms with E-state index in [9.17, 15) is 9.18 Å². The van der Waals surface area contributed by atoms with Crippen molar-refractivity contribution in [1.29, 1.82) is 0 Å². The van der Waals surface area contributed by atoms with Crippen molar-refractivity contribution in [2.24, 2.45) is 0 Å². The molecule has 0 fully saturated rings. The first-order chi connectivity index (χ1) is 11.1. The Morgan fingerprint density at radius 3 is 2.65 bits per heavy atom. The largest absolute Gasteiger partial charge is 0.497 e. The SMILES string of the molecule is COc1cccc(C(CNC(=O)c2c(F)cccc2Cl)OC)c1. The number of carbonyl (C=O) groups excluding carboxylic acids is 1. The van der Waals surface area contributed by atoms with Crippen molar-refractivity contribution in [2.75, 3.05) is 20.8 Å². The number of methoxy groups -OCH3 is 2. The van der Waals surface area contributed by atoms with Crippen molar-refractivity contribution in [3.8, 4) is 5.75 Å². The molecule has 1 unspecified atom stereocenters. The van der Waals surface area contributed by atoms with Gasteiger partial charge in [-0.2, -0.15) is 0 Å². The van der Waals surface area contributed by atoms with Crippen LogP contribution in [0.25, 0.3) is 0 Å². The highest BCUT2D eigenvalue weighted by atomic mass is 35.5. The first-order valence-corrected chi connectivity index (χ1v) is 7.33. The van der Waals surface area contributed by atoms with E-state index < -0.39 is 11.7 Å². The molecule has 0 aliphatic carbocycles. The highest BCUT2D eigenvalue weighted by molar-refractivity contribution is 6.33. The van der Waals surface area contributed by atoms with Gasteiger partial charge in [-0.25, -0.2) is 4.39 Å². The van der Waals surface area contributed by atoms with Crippen LogP contribution in [0.2, 0.25) is 5.02 Å². The van der Waals surface area contributed by atoms with E-state index in [2.05, 4.69) is 5.32 Å². The molecule has 0 spiro atoms. The fourth-order valence-electron chi connectivity index (χ4n) is 2.17. The van der Waals surface area contributed by atoms with Gasteiger partial charge in [0.1, 0.15) is 11.6 Å². The lowest BCUT2D eigenvalue weighted by Gasteiger charge is -2.17. The Morgan fingerprint density at radius 1 is 1.26 bits per heavy atom. The van der Waals surface area contributed by atoms with E-state index in [1.54, 1.807) is 7.11 Å². The van der Waals surface area contributed by atoms with E-state index in [1.807, 2.05) is 24.3 Å². The first-order valence-electron chi connectivity index (χ1n) is 6.95. The summed E-state index contributed by atoms with van der Waals surface area (Å²) in [7, 11) is 3.11. The summed E-state index contributed by atoms with van der Waals surface area (Å²) in [6, 6.07) is 11.4. The molecule has 0 aromatic heterocycles. The van der Waals surface area contributed by atoms with E-state index in [-0.39, 0.29) is 23.2 Å². The maximum atomic E-state index is 13.7. The van der Waals surface area contributed by atoms with E-state index in [4.69, 9.17) is 21.1 Å². The summed E-state index contributed by atoms with van der Waals surface area (Å²) in [5.41, 5.74) is 0.668. The van der Waals surface area contributed by atoms with Crippen molar-refractivity contribution in [3.05, 3.63) is 64.4 Å². The second kappa shape index (κ2) is 7.94. The van der Waals surface area contributed by atoms with Crippen LogP contribution in [0.15, 0.2) is 42.5 Å². The number of ether oxygens (including phenoxy) is 2. The summed E-state index contributed by atoms with van der Waals surface area (Å²) in [5, 5.41) is 2.71. The summed E-state index contributed by atoms with van der Waals surface area (Å²) in [4.78, 5) is 12.1. The molecular formula is C17H17ClFNO3. The molecule has 2 rings (SSSR count). The van der Waals surface area contributed by atoms with Crippen LogP contribution < -0.4 is 10.1 Å². The third-order valence-corrected chi connectivity index (χ3v) is 3.70. The Morgan fingerprint density at radius 2 is 2.00 bits per heavy atom. The minimum atomic E-state index is -0.662. The Balaban J connectivity index is 2.09. The molecule has 2 aromatic carbocycles. The fraction of sp³-hybridized carbons (Fsp3) is 0.235. The molecule has 0 aliphatic heterocycles. The number of hydrogen-bond acceptors (Lipinski definition) is 3. The summed E-state index contributed by atoms with van der Waals surface area (Å²) >= 11 is 5.88. The second-order valence-corrected chi connectivity index (χ2v) is 5.21. The predicted molar refractivity (Wildman–Crippen MR) is 86.5 cm³/mol. The lowest BCUT2D eigenvalue weighted by Crippen LogP contribution is -2.30. The molecule has 0 heterocycles. The molecule has 6 heteroatoms. The minimum Gasteiger partial charge on any atom is -0.497 e. The number of carbonyl (C=O) groups is 1. The first kappa shape index (κ1) is 17.2. The summed E-state index contributed by atoms with van der Waals surface area (Å²) in [5.74, 6) is -0.559. The van der Waals surface area contributed by atoms with Gasteiger partial charge in [-0.1, -0.05) is 29.8 Å². The molecule has 23 heavy (non-hydrogen) atoms. The van der Waals surface area contributed by atoms with E-state index in [1.165, 1.54) is 25.3 Å². The third kappa shape index (κ3) is 4.21. The van der Waals surface area contributed by atoms with Gasteiger partial charge in [0.15, 0.2) is 0 Å². The molecule has 0 saturated carbocycles. The summed E-state index contributed by atoms with van der Waals surface area (Å²) in [6.45, 7) is 0.174. The maximum absolute atomic E-state index is 13.7. The van der Waals surface area contributed by atoms with E-state index in [0.29, 0.717) is 5.75 Å². The molecule has 0 radical (unpaired) electrons. The number of rotatable bonds is 6. The van der Waals surface area contributed by atoms with Crippen LogP contribution in [0.1, 0.15) is 22.0 Å². The smallest absolute Gasteiger partial charge is 0.255 e. The molecule has 0 bridgehead atoms. The van der Waals surface area contributed by atoms with Crippen molar-refractivity contribution >= 4 is 17.5 Å². The molecular weight excluding hydrogens is 321 g/mol. The predicted octanol–water partition coefficient (Wildman–Crippen LogP) is 3.61. The minimum absolute atomic E-state index is 0.0675. The zero-order valence-electron chi connectivity index (χ0n) is 12.8. The van der Waals surface area contributed by atoms with Gasteiger partial charge in [-0.15, -0.1) is 0 Å². The van der Waals surface area contributed by atoms with E-state index >= 15 is 0 Å². The Labute approximate surface area is 139 Å². The highest BCUT2D eigenvalue weighted by Gasteiger charge is 2.18. The summed E-state index contributed by atoms with van der Waals surface area (Å²) in [6.07, 6.45) is -0.389. The Hall–Kier alpha value is -2.11.